The number of hydrogen-bond donors (Lipinski definition) is 1. The molecule has 2 heterocycles. The number of aliphatic imine (C=N–C) groups is 1. The van der Waals surface area contributed by atoms with Crippen molar-refractivity contribution in [3.63, 3.8) is 0 Å². The molecule has 3 aromatic carbocycles. The molecular weight excluding hydrogens is 622 g/mol. The van der Waals surface area contributed by atoms with Crippen molar-refractivity contribution in [3.05, 3.63) is 89.7 Å². The van der Waals surface area contributed by atoms with E-state index in [1.807, 2.05) is 43.3 Å². The fourth-order valence-electron chi connectivity index (χ4n) is 4.78. The Morgan fingerprint density at radius 2 is 1.84 bits per heavy atom. The molecule has 234 valence electrons. The highest BCUT2D eigenvalue weighted by Gasteiger charge is 2.32. The van der Waals surface area contributed by atoms with Crippen molar-refractivity contribution in [2.45, 2.75) is 45.9 Å². The number of benzene rings is 3. The number of ether oxygens (including phenoxy) is 1. The molecule has 0 bridgehead atoms. The molecule has 1 aliphatic rings. The summed E-state index contributed by atoms with van der Waals surface area (Å²) in [5.41, 5.74) is 5.59. The van der Waals surface area contributed by atoms with E-state index in [9.17, 15) is 18.0 Å². The number of carbonyl (C=O) groups is 1. The Hall–Kier alpha value is -4.23. The topological polar surface area (TPSA) is 84.6 Å². The zero-order chi connectivity index (χ0) is 32.1. The van der Waals surface area contributed by atoms with E-state index in [0.29, 0.717) is 34.1 Å². The van der Waals surface area contributed by atoms with E-state index < -0.39 is 6.36 Å². The predicted molar refractivity (Wildman–Crippen MR) is 175 cm³/mol. The molecule has 13 heteroatoms. The molecule has 45 heavy (non-hydrogen) atoms. The van der Waals surface area contributed by atoms with E-state index in [2.05, 4.69) is 45.0 Å². The predicted octanol–water partition coefficient (Wildman–Crippen LogP) is 7.21. The van der Waals surface area contributed by atoms with Gasteiger partial charge in [0.1, 0.15) is 12.1 Å². The highest BCUT2D eigenvalue weighted by molar-refractivity contribution is 8.15. The normalized spacial score (nSPS) is 14.4. The highest BCUT2D eigenvalue weighted by atomic mass is 32.2. The number of amidine groups is 1. The number of rotatable bonds is 9. The van der Waals surface area contributed by atoms with Gasteiger partial charge in [-0.3, -0.25) is 9.69 Å². The van der Waals surface area contributed by atoms with E-state index >= 15 is 0 Å². The van der Waals surface area contributed by atoms with Gasteiger partial charge >= 0.3 is 6.36 Å². The van der Waals surface area contributed by atoms with Crippen molar-refractivity contribution < 1.29 is 22.7 Å². The van der Waals surface area contributed by atoms with Gasteiger partial charge in [-0.2, -0.15) is 4.99 Å². The molecule has 1 aliphatic heterocycles. The zero-order valence-electron chi connectivity index (χ0n) is 24.8. The lowest BCUT2D eigenvalue weighted by Crippen LogP contribution is -2.32. The van der Waals surface area contributed by atoms with E-state index in [0.717, 1.165) is 40.8 Å². The fraction of sp³-hybridized carbons (Fsp3) is 0.281. The van der Waals surface area contributed by atoms with Crippen molar-refractivity contribution >= 4 is 45.9 Å². The first-order valence-electron chi connectivity index (χ1n) is 14.3. The van der Waals surface area contributed by atoms with Crippen LogP contribution in [0.4, 0.5) is 18.9 Å². The molecule has 0 aliphatic carbocycles. The minimum atomic E-state index is -4.74. The van der Waals surface area contributed by atoms with Gasteiger partial charge in [0.2, 0.25) is 5.91 Å². The van der Waals surface area contributed by atoms with Gasteiger partial charge in [-0.05, 0) is 79.4 Å². The van der Waals surface area contributed by atoms with Crippen LogP contribution in [-0.4, -0.2) is 49.6 Å². The molecule has 1 fully saturated rings. The zero-order valence-corrected chi connectivity index (χ0v) is 26.5. The Bertz CT molecular complexity index is 1700. The van der Waals surface area contributed by atoms with Gasteiger partial charge in [0, 0.05) is 12.1 Å². The summed E-state index contributed by atoms with van der Waals surface area (Å²) in [6, 6.07) is 19.4. The number of nitrogens with one attached hydrogen (secondary N) is 1. The minimum absolute atomic E-state index is 0.00803. The Morgan fingerprint density at radius 1 is 1.11 bits per heavy atom. The lowest BCUT2D eigenvalue weighted by molar-refractivity contribution is -0.274. The number of hydrogen-bond acceptors (Lipinski definition) is 6. The number of anilines is 1. The smallest absolute Gasteiger partial charge is 0.406 e. The second-order valence-corrected chi connectivity index (χ2v) is 12.0. The van der Waals surface area contributed by atoms with Gasteiger partial charge in [0.15, 0.2) is 16.1 Å². The summed E-state index contributed by atoms with van der Waals surface area (Å²) >= 11 is 6.88. The van der Waals surface area contributed by atoms with Crippen LogP contribution in [0.5, 0.6) is 5.75 Å². The number of carbonyl (C=O) groups excluding carboxylic acids is 1. The van der Waals surface area contributed by atoms with Gasteiger partial charge in [0.05, 0.1) is 17.1 Å². The Labute approximate surface area is 268 Å². The van der Waals surface area contributed by atoms with E-state index in [1.165, 1.54) is 47.0 Å². The maximum atomic E-state index is 12.8. The van der Waals surface area contributed by atoms with Crippen LogP contribution in [0, 0.1) is 6.92 Å². The van der Waals surface area contributed by atoms with Gasteiger partial charge in [0.25, 0.3) is 0 Å². The van der Waals surface area contributed by atoms with Crippen LogP contribution in [0.1, 0.15) is 42.9 Å². The maximum absolute atomic E-state index is 12.8. The Balaban J connectivity index is 1.13. The SMILES string of the molecule is Cc1ccc(N2C(=O)CS/C2=N\C(=S)NCCCc2ccc(-c3ncn(-c4ccc(OC(F)(F)F)cc4)n3)cc2)c(C(C)C)c1. The molecule has 4 aromatic rings. The molecule has 1 aromatic heterocycles. The Morgan fingerprint density at radius 3 is 2.53 bits per heavy atom. The molecule has 0 saturated carbocycles. The summed E-state index contributed by atoms with van der Waals surface area (Å²) in [6.45, 7) is 6.88. The summed E-state index contributed by atoms with van der Waals surface area (Å²) in [4.78, 5) is 23.4. The number of aryl methyl sites for hydroxylation is 2. The molecule has 1 amide bonds. The number of amides is 1. The molecule has 1 saturated heterocycles. The second-order valence-electron chi connectivity index (χ2n) is 10.7. The van der Waals surface area contributed by atoms with Gasteiger partial charge < -0.3 is 10.1 Å². The third kappa shape index (κ3) is 8.28. The number of alkyl halides is 3. The van der Waals surface area contributed by atoms with Gasteiger partial charge in [-0.15, -0.1) is 18.3 Å². The van der Waals surface area contributed by atoms with E-state index in [1.54, 1.807) is 4.90 Å². The molecule has 5 rings (SSSR count). The van der Waals surface area contributed by atoms with Crippen LogP contribution in [0.2, 0.25) is 0 Å². The number of nitrogens with zero attached hydrogens (tertiary/aromatic N) is 5. The third-order valence-electron chi connectivity index (χ3n) is 6.97. The van der Waals surface area contributed by atoms with Crippen LogP contribution in [0.25, 0.3) is 17.1 Å². The largest absolute Gasteiger partial charge is 0.573 e. The molecule has 0 unspecified atom stereocenters. The summed E-state index contributed by atoms with van der Waals surface area (Å²) in [5, 5.41) is 8.57. The van der Waals surface area contributed by atoms with Crippen molar-refractivity contribution in [3.8, 4) is 22.8 Å². The van der Waals surface area contributed by atoms with Crippen molar-refractivity contribution in [2.75, 3.05) is 17.2 Å². The van der Waals surface area contributed by atoms with Crippen LogP contribution >= 0.6 is 24.0 Å². The molecule has 0 radical (unpaired) electrons. The fourth-order valence-corrected chi connectivity index (χ4v) is 5.89. The van der Waals surface area contributed by atoms with Crippen LogP contribution in [-0.2, 0) is 11.2 Å². The lowest BCUT2D eigenvalue weighted by atomic mass is 9.98. The minimum Gasteiger partial charge on any atom is -0.406 e. The molecule has 8 nitrogen and oxygen atoms in total. The maximum Gasteiger partial charge on any atom is 0.573 e. The summed E-state index contributed by atoms with van der Waals surface area (Å²) < 4.78 is 42.6. The average molecular weight is 653 g/mol. The highest BCUT2D eigenvalue weighted by Crippen LogP contribution is 2.34. The first-order valence-corrected chi connectivity index (χ1v) is 15.7. The molecule has 0 atom stereocenters. The quantitative estimate of drug-likeness (QED) is 0.151. The van der Waals surface area contributed by atoms with Gasteiger partial charge in [-0.25, -0.2) is 9.67 Å². The van der Waals surface area contributed by atoms with E-state index in [-0.39, 0.29) is 17.6 Å². The molecule has 0 spiro atoms. The molecule has 1 N–H and O–H groups in total. The monoisotopic (exact) mass is 652 g/mol. The summed E-state index contributed by atoms with van der Waals surface area (Å²) in [5.74, 6) is 0.760. The van der Waals surface area contributed by atoms with Crippen molar-refractivity contribution in [1.82, 2.24) is 20.1 Å². The van der Waals surface area contributed by atoms with Crippen LogP contribution in [0.3, 0.4) is 0 Å². The van der Waals surface area contributed by atoms with E-state index in [4.69, 9.17) is 12.2 Å². The lowest BCUT2D eigenvalue weighted by Gasteiger charge is -2.22. The van der Waals surface area contributed by atoms with Crippen molar-refractivity contribution in [1.29, 1.82) is 0 Å². The second kappa shape index (κ2) is 13.8. The first-order chi connectivity index (χ1) is 21.5. The average Bonchev–Trinajstić information content (AvgIpc) is 3.62. The van der Waals surface area contributed by atoms with Crippen molar-refractivity contribution in [2.24, 2.45) is 4.99 Å². The number of aromatic nitrogens is 3. The standard InChI is InChI=1S/C32H31F3N6O2S2/c1-20(2)26-17-21(3)6-15-27(26)41-28(42)18-45-31(41)38-30(44)36-16-4-5-22-7-9-23(10-8-22)29-37-19-40(39-29)24-11-13-25(14-12-24)43-32(33,34)35/h6-15,17,19-20H,4-5,16,18H2,1-3H3,(H,36,44)/b38-31-. The Kier molecular flexibility index (Phi) is 9.88. The number of halogens is 3. The first kappa shape index (κ1) is 32.2. The van der Waals surface area contributed by atoms with Crippen LogP contribution < -0.4 is 15.0 Å². The van der Waals surface area contributed by atoms with Crippen LogP contribution in [0.15, 0.2) is 78.0 Å². The third-order valence-corrected chi connectivity index (χ3v) is 8.12. The number of thiocarbonyl (C=S) groups is 1. The van der Waals surface area contributed by atoms with Gasteiger partial charge in [-0.1, -0.05) is 67.6 Å². The number of thioether (sulfide) groups is 1. The molecular formula is C32H31F3N6O2S2. The summed E-state index contributed by atoms with van der Waals surface area (Å²) in [7, 11) is 0. The summed E-state index contributed by atoms with van der Waals surface area (Å²) in [6.07, 6.45) is -1.62.